The monoisotopic (exact) mass is 329 g/mol. The van der Waals surface area contributed by atoms with Gasteiger partial charge in [0.25, 0.3) is 10.0 Å². The smallest absolute Gasteiger partial charge is 0.280 e. The largest absolute Gasteiger partial charge is 0.339 e. The normalized spacial score (nSPS) is 11.4. The van der Waals surface area contributed by atoms with Gasteiger partial charge in [-0.2, -0.15) is 8.42 Å². The number of hydrogen-bond donors (Lipinski definition) is 1. The van der Waals surface area contributed by atoms with Crippen LogP contribution in [-0.2, 0) is 22.4 Å². The molecule has 2 aromatic rings. The molecule has 96 valence electrons. The Balaban J connectivity index is 2.22. The van der Waals surface area contributed by atoms with Crippen LogP contribution in [0.5, 0.6) is 0 Å². The van der Waals surface area contributed by atoms with E-state index in [1.54, 1.807) is 23.7 Å². The Kier molecular flexibility index (Phi) is 3.72. The highest BCUT2D eigenvalue weighted by Gasteiger charge is 2.16. The van der Waals surface area contributed by atoms with Gasteiger partial charge in [-0.05, 0) is 17.7 Å². The molecule has 2 rings (SSSR count). The maximum atomic E-state index is 12.0. The van der Waals surface area contributed by atoms with Crippen LogP contribution in [0.4, 0.5) is 5.69 Å². The fraction of sp³-hybridized carbons (Fsp3) is 0.182. The van der Waals surface area contributed by atoms with Gasteiger partial charge in [0, 0.05) is 24.3 Å². The van der Waals surface area contributed by atoms with Gasteiger partial charge < -0.3 is 4.57 Å². The lowest BCUT2D eigenvalue weighted by Crippen LogP contribution is -2.13. The summed E-state index contributed by atoms with van der Waals surface area (Å²) in [7, 11) is -1.89. The van der Waals surface area contributed by atoms with Crippen molar-refractivity contribution in [2.45, 2.75) is 10.4 Å². The van der Waals surface area contributed by atoms with E-state index in [0.29, 0.717) is 5.69 Å². The summed E-state index contributed by atoms with van der Waals surface area (Å²) in [4.78, 5) is 3.82. The number of anilines is 1. The molecule has 0 aliphatic rings. The molecule has 1 N–H and O–H groups in total. The summed E-state index contributed by atoms with van der Waals surface area (Å²) in [6.45, 7) is 0. The number of nitrogens with one attached hydrogen (secondary N) is 1. The van der Waals surface area contributed by atoms with E-state index in [2.05, 4.69) is 25.6 Å². The van der Waals surface area contributed by atoms with Crippen LogP contribution in [0.2, 0.25) is 0 Å². The number of nitrogens with zero attached hydrogens (tertiary/aromatic N) is 2. The first-order chi connectivity index (χ1) is 8.51. The third-order valence-corrected chi connectivity index (χ3v) is 4.23. The summed E-state index contributed by atoms with van der Waals surface area (Å²) >= 11 is 3.33. The quantitative estimate of drug-likeness (QED) is 0.874. The average Bonchev–Trinajstić information content (AvgIpc) is 2.77. The molecule has 0 spiro atoms. The van der Waals surface area contributed by atoms with Gasteiger partial charge in [-0.25, -0.2) is 4.98 Å². The molecule has 0 atom stereocenters. The molecule has 0 saturated heterocycles. The van der Waals surface area contributed by atoms with E-state index in [-0.39, 0.29) is 5.03 Å². The van der Waals surface area contributed by atoms with Crippen molar-refractivity contribution in [3.05, 3.63) is 42.4 Å². The number of rotatable bonds is 4. The van der Waals surface area contributed by atoms with Crippen molar-refractivity contribution in [2.75, 3.05) is 4.72 Å². The van der Waals surface area contributed by atoms with Crippen molar-refractivity contribution in [2.24, 2.45) is 7.05 Å². The number of aryl methyl sites for hydroxylation is 1. The van der Waals surface area contributed by atoms with Crippen molar-refractivity contribution in [3.63, 3.8) is 0 Å². The van der Waals surface area contributed by atoms with Crippen molar-refractivity contribution in [1.29, 1.82) is 0 Å². The lowest BCUT2D eigenvalue weighted by Gasteiger charge is -2.06. The molecule has 0 saturated carbocycles. The molecule has 18 heavy (non-hydrogen) atoms. The zero-order valence-corrected chi connectivity index (χ0v) is 12.1. The predicted molar refractivity (Wildman–Crippen MR) is 73.1 cm³/mol. The lowest BCUT2D eigenvalue weighted by molar-refractivity contribution is 0.598. The molecule has 5 nitrogen and oxygen atoms in total. The Hall–Kier alpha value is -1.34. The van der Waals surface area contributed by atoms with E-state index < -0.39 is 10.0 Å². The van der Waals surface area contributed by atoms with Crippen molar-refractivity contribution in [1.82, 2.24) is 9.55 Å². The summed E-state index contributed by atoms with van der Waals surface area (Å²) in [5.41, 5.74) is 1.60. The molecule has 0 aliphatic heterocycles. The maximum absolute atomic E-state index is 12.0. The van der Waals surface area contributed by atoms with Crippen LogP contribution >= 0.6 is 15.9 Å². The topological polar surface area (TPSA) is 64.0 Å². The van der Waals surface area contributed by atoms with E-state index in [1.807, 2.05) is 12.1 Å². The van der Waals surface area contributed by atoms with Gasteiger partial charge in [-0.1, -0.05) is 28.1 Å². The Morgan fingerprint density at radius 1 is 1.33 bits per heavy atom. The van der Waals surface area contributed by atoms with Crippen molar-refractivity contribution < 1.29 is 8.42 Å². The molecule has 0 aliphatic carbocycles. The van der Waals surface area contributed by atoms with Crippen LogP contribution in [0.15, 0.2) is 41.8 Å². The average molecular weight is 330 g/mol. The lowest BCUT2D eigenvalue weighted by atomic mass is 10.2. The molecule has 0 bridgehead atoms. The van der Waals surface area contributed by atoms with Gasteiger partial charge in [0.05, 0.1) is 6.33 Å². The van der Waals surface area contributed by atoms with Crippen LogP contribution in [0, 0.1) is 0 Å². The summed E-state index contributed by atoms with van der Waals surface area (Å²) in [6.07, 6.45) is 2.90. The zero-order valence-electron chi connectivity index (χ0n) is 9.67. The SMILES string of the molecule is Cn1cnc(S(=O)(=O)Nc2ccc(CBr)cc2)c1. The Bertz CT molecular complexity index is 635. The molecule has 7 heteroatoms. The maximum Gasteiger partial charge on any atom is 0.280 e. The van der Waals surface area contributed by atoms with E-state index >= 15 is 0 Å². The minimum atomic E-state index is -3.61. The molecule has 0 unspecified atom stereocenters. The standard InChI is InChI=1S/C11H12BrN3O2S/c1-15-7-11(13-8-15)18(16,17)14-10-4-2-9(6-12)3-5-10/h2-5,7-8,14H,6H2,1H3. The Morgan fingerprint density at radius 3 is 2.50 bits per heavy atom. The predicted octanol–water partition coefficient (Wildman–Crippen LogP) is 2.12. The summed E-state index contributed by atoms with van der Waals surface area (Å²) in [6, 6.07) is 7.14. The van der Waals surface area contributed by atoms with Crippen molar-refractivity contribution in [3.8, 4) is 0 Å². The van der Waals surface area contributed by atoms with Gasteiger partial charge in [-0.15, -0.1) is 0 Å². The second-order valence-electron chi connectivity index (χ2n) is 3.81. The molecule has 1 aromatic heterocycles. The van der Waals surface area contributed by atoms with E-state index in [4.69, 9.17) is 0 Å². The van der Waals surface area contributed by atoms with Crippen LogP contribution in [-0.4, -0.2) is 18.0 Å². The fourth-order valence-electron chi connectivity index (χ4n) is 1.40. The highest BCUT2D eigenvalue weighted by Crippen LogP contribution is 2.16. The first-order valence-corrected chi connectivity index (χ1v) is 7.77. The third kappa shape index (κ3) is 2.91. The van der Waals surface area contributed by atoms with Gasteiger partial charge >= 0.3 is 0 Å². The van der Waals surface area contributed by atoms with Gasteiger partial charge in [0.1, 0.15) is 0 Å². The van der Waals surface area contributed by atoms with Crippen LogP contribution in [0.25, 0.3) is 0 Å². The molecule has 0 fully saturated rings. The van der Waals surface area contributed by atoms with E-state index in [1.165, 1.54) is 12.5 Å². The number of benzene rings is 1. The third-order valence-electron chi connectivity index (χ3n) is 2.32. The Labute approximate surface area is 114 Å². The number of halogens is 1. The minimum Gasteiger partial charge on any atom is -0.339 e. The Morgan fingerprint density at radius 2 is 2.00 bits per heavy atom. The molecule has 1 aromatic carbocycles. The second-order valence-corrected chi connectivity index (χ2v) is 6.00. The van der Waals surface area contributed by atoms with Crippen molar-refractivity contribution >= 4 is 31.6 Å². The molecule has 0 radical (unpaired) electrons. The first-order valence-electron chi connectivity index (χ1n) is 5.17. The first kappa shape index (κ1) is 13.1. The molecule has 1 heterocycles. The number of imidazole rings is 1. The van der Waals surface area contributed by atoms with Gasteiger partial charge in [0.15, 0.2) is 5.03 Å². The van der Waals surface area contributed by atoms with Crippen LogP contribution < -0.4 is 4.72 Å². The summed E-state index contributed by atoms with van der Waals surface area (Å²) in [5.74, 6) is 0. The zero-order chi connectivity index (χ0) is 13.2. The number of hydrogen-bond acceptors (Lipinski definition) is 3. The van der Waals surface area contributed by atoms with Gasteiger partial charge in [0.2, 0.25) is 0 Å². The second kappa shape index (κ2) is 5.11. The number of sulfonamides is 1. The molecular weight excluding hydrogens is 318 g/mol. The van der Waals surface area contributed by atoms with Crippen LogP contribution in [0.1, 0.15) is 5.56 Å². The number of aromatic nitrogens is 2. The molecule has 0 amide bonds. The summed E-state index contributed by atoms with van der Waals surface area (Å²) < 4.78 is 28.0. The highest BCUT2D eigenvalue weighted by atomic mass is 79.9. The fourth-order valence-corrected chi connectivity index (χ4v) is 2.81. The van der Waals surface area contributed by atoms with Gasteiger partial charge in [-0.3, -0.25) is 4.72 Å². The minimum absolute atomic E-state index is 0.00886. The van der Waals surface area contributed by atoms with E-state index in [0.717, 1.165) is 10.9 Å². The summed E-state index contributed by atoms with van der Waals surface area (Å²) in [5, 5.41) is 0.745. The van der Waals surface area contributed by atoms with Crippen LogP contribution in [0.3, 0.4) is 0 Å². The van der Waals surface area contributed by atoms with E-state index in [9.17, 15) is 8.42 Å². The highest BCUT2D eigenvalue weighted by molar-refractivity contribution is 9.08. The number of alkyl halides is 1. The molecular formula is C11H12BrN3O2S.